The standard InChI is InChI=1S/C65H63N3O/c1-62(2,3)42-20-28-55-49(34-42)50-35-43(63(4,5)6)21-29-56(50)67(55)47-26-32-59-53(38-47)54-39-48(27-33-60(54)66(59)46-24-18-41(19-25-46)61(69)40-16-14-13-15-17-40)68-57-30-22-44(64(7,8)9)36-51(57)52-37-45(65(10,11)12)23-31-58(52)68/h13-39H,1-12H3. The maximum atomic E-state index is 13.6. The molecule has 4 nitrogen and oxygen atoms in total. The number of benzene rings is 8. The van der Waals surface area contributed by atoms with Gasteiger partial charge in [-0.25, -0.2) is 0 Å². The summed E-state index contributed by atoms with van der Waals surface area (Å²) in [5.41, 5.74) is 16.9. The minimum Gasteiger partial charge on any atom is -0.309 e. The Morgan fingerprint density at radius 3 is 0.870 bits per heavy atom. The molecule has 0 aliphatic carbocycles. The van der Waals surface area contributed by atoms with E-state index in [1.165, 1.54) is 65.9 Å². The van der Waals surface area contributed by atoms with Crippen molar-refractivity contribution in [1.82, 2.24) is 13.7 Å². The summed E-state index contributed by atoms with van der Waals surface area (Å²) in [6.45, 7) is 27.6. The molecule has 4 heteroatoms. The molecule has 0 spiro atoms. The summed E-state index contributed by atoms with van der Waals surface area (Å²) in [4.78, 5) is 13.6. The van der Waals surface area contributed by atoms with Crippen molar-refractivity contribution in [2.45, 2.75) is 105 Å². The molecule has 11 rings (SSSR count). The average Bonchev–Trinajstić information content (AvgIpc) is 3.94. The van der Waals surface area contributed by atoms with Gasteiger partial charge in [0.05, 0.1) is 33.1 Å². The number of carbonyl (C=O) groups excluding carboxylic acids is 1. The molecular formula is C65H63N3O. The summed E-state index contributed by atoms with van der Waals surface area (Å²) in [5, 5.41) is 7.41. The number of fused-ring (bicyclic) bond motifs is 9. The van der Waals surface area contributed by atoms with E-state index in [9.17, 15) is 4.79 Å². The largest absolute Gasteiger partial charge is 0.309 e. The highest BCUT2D eigenvalue weighted by Gasteiger charge is 2.25. The summed E-state index contributed by atoms with van der Waals surface area (Å²) in [7, 11) is 0. The summed E-state index contributed by atoms with van der Waals surface area (Å²) >= 11 is 0. The third-order valence-corrected chi connectivity index (χ3v) is 14.7. The predicted molar refractivity (Wildman–Crippen MR) is 294 cm³/mol. The highest BCUT2D eigenvalue weighted by molar-refractivity contribution is 6.15. The van der Waals surface area contributed by atoms with Crippen LogP contribution in [0.1, 0.15) is 121 Å². The number of hydrogen-bond donors (Lipinski definition) is 0. The molecular weight excluding hydrogens is 839 g/mol. The van der Waals surface area contributed by atoms with E-state index in [1.807, 2.05) is 42.5 Å². The van der Waals surface area contributed by atoms with Crippen LogP contribution in [0.4, 0.5) is 0 Å². The van der Waals surface area contributed by atoms with Crippen LogP contribution in [-0.4, -0.2) is 19.5 Å². The van der Waals surface area contributed by atoms with Gasteiger partial charge in [0.15, 0.2) is 5.78 Å². The molecule has 0 N–H and O–H groups in total. The van der Waals surface area contributed by atoms with Crippen LogP contribution >= 0.6 is 0 Å². The second-order valence-electron chi connectivity index (χ2n) is 23.6. The van der Waals surface area contributed by atoms with Gasteiger partial charge in [-0.05, 0) is 153 Å². The van der Waals surface area contributed by atoms with E-state index in [4.69, 9.17) is 0 Å². The summed E-state index contributed by atoms with van der Waals surface area (Å²) < 4.78 is 7.29. The quantitative estimate of drug-likeness (QED) is 0.158. The highest BCUT2D eigenvalue weighted by Crippen LogP contribution is 2.42. The summed E-state index contributed by atoms with van der Waals surface area (Å²) in [5.74, 6) is 0.0180. The molecule has 0 unspecified atom stereocenters. The smallest absolute Gasteiger partial charge is 0.193 e. The van der Waals surface area contributed by atoms with Crippen LogP contribution in [0.15, 0.2) is 164 Å². The Bertz CT molecular complexity index is 3510. The van der Waals surface area contributed by atoms with Gasteiger partial charge in [-0.15, -0.1) is 0 Å². The SMILES string of the molecule is CC(C)(C)c1ccc2c(c1)c1cc(C(C)(C)C)ccc1n2-c1ccc2c(c1)c1cc(-n3c4ccc(C(C)(C)C)cc4c4cc(C(C)(C)C)ccc43)ccc1n2-c1ccc(C(=O)c2ccccc2)cc1. The van der Waals surface area contributed by atoms with Crippen LogP contribution in [-0.2, 0) is 21.7 Å². The topological polar surface area (TPSA) is 31.9 Å². The number of carbonyl (C=O) groups is 1. The molecule has 0 aliphatic heterocycles. The molecule has 0 aliphatic rings. The van der Waals surface area contributed by atoms with Crippen LogP contribution in [0, 0.1) is 0 Å². The van der Waals surface area contributed by atoms with Crippen LogP contribution in [0.25, 0.3) is 82.5 Å². The van der Waals surface area contributed by atoms with Crippen molar-refractivity contribution >= 4 is 71.2 Å². The Morgan fingerprint density at radius 1 is 0.290 bits per heavy atom. The van der Waals surface area contributed by atoms with Gasteiger partial charge in [0.2, 0.25) is 0 Å². The van der Waals surface area contributed by atoms with Gasteiger partial charge in [0.1, 0.15) is 0 Å². The van der Waals surface area contributed by atoms with Gasteiger partial charge < -0.3 is 13.7 Å². The molecule has 344 valence electrons. The monoisotopic (exact) mass is 901 g/mol. The van der Waals surface area contributed by atoms with Crippen molar-refractivity contribution in [2.75, 3.05) is 0 Å². The lowest BCUT2D eigenvalue weighted by molar-refractivity contribution is 0.103. The number of ketones is 1. The van der Waals surface area contributed by atoms with E-state index in [0.29, 0.717) is 11.1 Å². The first kappa shape index (κ1) is 44.3. The van der Waals surface area contributed by atoms with Crippen molar-refractivity contribution in [3.63, 3.8) is 0 Å². The molecule has 0 radical (unpaired) electrons. The summed E-state index contributed by atoms with van der Waals surface area (Å²) in [6.07, 6.45) is 0. The van der Waals surface area contributed by atoms with Crippen molar-refractivity contribution in [2.24, 2.45) is 0 Å². The van der Waals surface area contributed by atoms with Crippen LogP contribution < -0.4 is 0 Å². The van der Waals surface area contributed by atoms with E-state index in [1.54, 1.807) is 0 Å². The minimum absolute atomic E-state index is 0.00979. The fraction of sp³-hybridized carbons (Fsp3) is 0.246. The number of nitrogens with zero attached hydrogens (tertiary/aromatic N) is 3. The Kier molecular flexibility index (Phi) is 9.91. The van der Waals surface area contributed by atoms with E-state index < -0.39 is 0 Å². The highest BCUT2D eigenvalue weighted by atomic mass is 16.1. The maximum Gasteiger partial charge on any atom is 0.193 e. The van der Waals surface area contributed by atoms with E-state index >= 15 is 0 Å². The lowest BCUT2D eigenvalue weighted by atomic mass is 9.85. The van der Waals surface area contributed by atoms with Gasteiger partial charge in [-0.2, -0.15) is 0 Å². The number of rotatable bonds is 5. The first-order chi connectivity index (χ1) is 32.6. The Hall–Kier alpha value is -7.17. The zero-order valence-corrected chi connectivity index (χ0v) is 42.3. The average molecular weight is 902 g/mol. The molecule has 0 bridgehead atoms. The van der Waals surface area contributed by atoms with Gasteiger partial charge >= 0.3 is 0 Å². The van der Waals surface area contributed by atoms with Gasteiger partial charge in [0, 0.05) is 60.5 Å². The fourth-order valence-corrected chi connectivity index (χ4v) is 10.5. The number of aromatic nitrogens is 3. The first-order valence-electron chi connectivity index (χ1n) is 24.6. The second kappa shape index (κ2) is 15.4. The van der Waals surface area contributed by atoms with Crippen molar-refractivity contribution in [3.05, 3.63) is 197 Å². The Morgan fingerprint density at radius 2 is 0.551 bits per heavy atom. The zero-order valence-electron chi connectivity index (χ0n) is 42.3. The lowest BCUT2D eigenvalue weighted by Crippen LogP contribution is -2.10. The third-order valence-electron chi connectivity index (χ3n) is 14.7. The Balaban J connectivity index is 1.18. The second-order valence-corrected chi connectivity index (χ2v) is 23.6. The third kappa shape index (κ3) is 7.39. The maximum absolute atomic E-state index is 13.6. The van der Waals surface area contributed by atoms with Crippen molar-refractivity contribution < 1.29 is 4.79 Å². The first-order valence-corrected chi connectivity index (χ1v) is 24.6. The molecule has 69 heavy (non-hydrogen) atoms. The molecule has 3 aromatic heterocycles. The predicted octanol–water partition coefficient (Wildman–Crippen LogP) is 17.4. The normalized spacial score (nSPS) is 13.0. The molecule has 8 aromatic carbocycles. The number of hydrogen-bond acceptors (Lipinski definition) is 1. The fourth-order valence-electron chi connectivity index (χ4n) is 10.5. The van der Waals surface area contributed by atoms with E-state index in [2.05, 4.69) is 218 Å². The van der Waals surface area contributed by atoms with Gasteiger partial charge in [-0.3, -0.25) is 4.79 Å². The van der Waals surface area contributed by atoms with Gasteiger partial charge in [-0.1, -0.05) is 138 Å². The van der Waals surface area contributed by atoms with Crippen molar-refractivity contribution in [3.8, 4) is 17.1 Å². The summed E-state index contributed by atoms with van der Waals surface area (Å²) in [6, 6.07) is 59.9. The van der Waals surface area contributed by atoms with Crippen LogP contribution in [0.3, 0.4) is 0 Å². The molecule has 0 saturated carbocycles. The molecule has 0 amide bonds. The molecule has 0 atom stereocenters. The minimum atomic E-state index is 0.00979. The molecule has 3 heterocycles. The van der Waals surface area contributed by atoms with E-state index in [-0.39, 0.29) is 27.4 Å². The van der Waals surface area contributed by atoms with Crippen molar-refractivity contribution in [1.29, 1.82) is 0 Å². The molecule has 0 fully saturated rings. The van der Waals surface area contributed by atoms with Crippen LogP contribution in [0.5, 0.6) is 0 Å². The molecule has 0 saturated heterocycles. The van der Waals surface area contributed by atoms with E-state index in [0.717, 1.165) is 38.9 Å². The zero-order chi connectivity index (χ0) is 48.5. The lowest BCUT2D eigenvalue weighted by Gasteiger charge is -2.19. The van der Waals surface area contributed by atoms with Crippen LogP contribution in [0.2, 0.25) is 0 Å². The van der Waals surface area contributed by atoms with Gasteiger partial charge in [0.25, 0.3) is 0 Å². The Labute approximate surface area is 406 Å². The molecule has 11 aromatic rings.